The van der Waals surface area contributed by atoms with E-state index in [9.17, 15) is 4.79 Å². The van der Waals surface area contributed by atoms with Crippen molar-refractivity contribution in [1.82, 2.24) is 5.32 Å². The van der Waals surface area contributed by atoms with Gasteiger partial charge >= 0.3 is 5.97 Å². The average Bonchev–Trinajstić information content (AvgIpc) is 3.06. The molecule has 0 amide bonds. The molecule has 0 bridgehead atoms. The number of rotatable bonds is 8. The summed E-state index contributed by atoms with van der Waals surface area (Å²) < 4.78 is 10.1. The summed E-state index contributed by atoms with van der Waals surface area (Å²) in [6, 6.07) is -0.195. The largest absolute Gasteiger partial charge is 0.468 e. The zero-order valence-corrected chi connectivity index (χ0v) is 9.62. The molecular formula is C11H21NO3. The Balaban J connectivity index is 1.97. The van der Waals surface area contributed by atoms with Crippen LogP contribution in [0.1, 0.15) is 26.2 Å². The third-order valence-corrected chi connectivity index (χ3v) is 2.58. The van der Waals surface area contributed by atoms with Gasteiger partial charge in [-0.2, -0.15) is 0 Å². The van der Waals surface area contributed by atoms with Gasteiger partial charge in [0, 0.05) is 13.2 Å². The summed E-state index contributed by atoms with van der Waals surface area (Å²) in [4.78, 5) is 11.2. The van der Waals surface area contributed by atoms with Crippen LogP contribution in [-0.4, -0.2) is 38.9 Å². The summed E-state index contributed by atoms with van der Waals surface area (Å²) in [6.07, 6.45) is 3.37. The van der Waals surface area contributed by atoms with Gasteiger partial charge < -0.3 is 14.8 Å². The van der Waals surface area contributed by atoms with Gasteiger partial charge in [0.2, 0.25) is 0 Å². The highest BCUT2D eigenvalue weighted by Crippen LogP contribution is 2.28. The van der Waals surface area contributed by atoms with Gasteiger partial charge in [-0.25, -0.2) is 0 Å². The van der Waals surface area contributed by atoms with Gasteiger partial charge in [-0.1, -0.05) is 6.92 Å². The van der Waals surface area contributed by atoms with E-state index in [0.717, 1.165) is 18.9 Å². The van der Waals surface area contributed by atoms with Gasteiger partial charge in [-0.15, -0.1) is 0 Å². The van der Waals surface area contributed by atoms with E-state index in [4.69, 9.17) is 4.74 Å². The summed E-state index contributed by atoms with van der Waals surface area (Å²) in [6.45, 7) is 4.21. The van der Waals surface area contributed by atoms with Crippen molar-refractivity contribution in [2.75, 3.05) is 26.9 Å². The van der Waals surface area contributed by atoms with Crippen LogP contribution in [0.4, 0.5) is 0 Å². The minimum atomic E-state index is -0.195. The Hall–Kier alpha value is -0.610. The molecule has 0 spiro atoms. The number of esters is 1. The first kappa shape index (κ1) is 12.5. The Morgan fingerprint density at radius 1 is 1.53 bits per heavy atom. The quantitative estimate of drug-likeness (QED) is 0.484. The van der Waals surface area contributed by atoms with E-state index in [2.05, 4.69) is 10.1 Å². The molecule has 0 aromatic carbocycles. The smallest absolute Gasteiger partial charge is 0.322 e. The Morgan fingerprint density at radius 2 is 2.27 bits per heavy atom. The zero-order valence-electron chi connectivity index (χ0n) is 9.62. The number of carbonyl (C=O) groups excluding carboxylic acids is 1. The fraction of sp³-hybridized carbons (Fsp3) is 0.909. The Bertz CT molecular complexity index is 192. The Morgan fingerprint density at radius 3 is 2.80 bits per heavy atom. The van der Waals surface area contributed by atoms with Crippen molar-refractivity contribution >= 4 is 5.97 Å². The highest BCUT2D eigenvalue weighted by atomic mass is 16.5. The van der Waals surface area contributed by atoms with E-state index in [-0.39, 0.29) is 12.0 Å². The first-order valence-corrected chi connectivity index (χ1v) is 5.66. The fourth-order valence-corrected chi connectivity index (χ4v) is 1.38. The van der Waals surface area contributed by atoms with Crippen molar-refractivity contribution in [1.29, 1.82) is 0 Å². The summed E-state index contributed by atoms with van der Waals surface area (Å²) >= 11 is 0. The number of nitrogens with one attached hydrogen (secondary N) is 1. The van der Waals surface area contributed by atoms with Crippen LogP contribution in [0.5, 0.6) is 0 Å². The van der Waals surface area contributed by atoms with Crippen molar-refractivity contribution in [2.24, 2.45) is 5.92 Å². The zero-order chi connectivity index (χ0) is 11.1. The monoisotopic (exact) mass is 215 g/mol. The average molecular weight is 215 g/mol. The van der Waals surface area contributed by atoms with Crippen molar-refractivity contribution in [3.05, 3.63) is 0 Å². The van der Waals surface area contributed by atoms with Crippen molar-refractivity contribution < 1.29 is 14.3 Å². The lowest BCUT2D eigenvalue weighted by Crippen LogP contribution is -2.38. The highest BCUT2D eigenvalue weighted by Gasteiger charge is 2.21. The van der Waals surface area contributed by atoms with E-state index in [1.54, 1.807) is 0 Å². The number of carbonyl (C=O) groups is 1. The predicted octanol–water partition coefficient (Wildman–Crippen LogP) is 0.954. The molecule has 1 unspecified atom stereocenters. The molecule has 15 heavy (non-hydrogen) atoms. The van der Waals surface area contributed by atoms with Crippen LogP contribution in [0.3, 0.4) is 0 Å². The van der Waals surface area contributed by atoms with Crippen molar-refractivity contribution in [3.8, 4) is 0 Å². The summed E-state index contributed by atoms with van der Waals surface area (Å²) in [7, 11) is 1.41. The number of hydrogen-bond donors (Lipinski definition) is 1. The van der Waals surface area contributed by atoms with Crippen LogP contribution in [0, 0.1) is 5.92 Å². The lowest BCUT2D eigenvalue weighted by atomic mass is 10.2. The minimum Gasteiger partial charge on any atom is -0.468 e. The highest BCUT2D eigenvalue weighted by molar-refractivity contribution is 5.75. The maximum absolute atomic E-state index is 11.2. The van der Waals surface area contributed by atoms with Crippen molar-refractivity contribution in [2.45, 2.75) is 32.2 Å². The molecule has 4 heteroatoms. The fourth-order valence-electron chi connectivity index (χ4n) is 1.38. The van der Waals surface area contributed by atoms with E-state index in [1.165, 1.54) is 20.0 Å². The maximum atomic E-state index is 11.2. The molecule has 0 saturated heterocycles. The maximum Gasteiger partial charge on any atom is 0.322 e. The van der Waals surface area contributed by atoms with Gasteiger partial charge in [0.1, 0.15) is 6.04 Å². The summed E-state index contributed by atoms with van der Waals surface area (Å²) in [5.41, 5.74) is 0. The molecule has 0 radical (unpaired) electrons. The molecular weight excluding hydrogens is 194 g/mol. The third-order valence-electron chi connectivity index (χ3n) is 2.58. The number of methoxy groups -OCH3 is 1. The van der Waals surface area contributed by atoms with Crippen LogP contribution in [-0.2, 0) is 14.3 Å². The van der Waals surface area contributed by atoms with Gasteiger partial charge in [0.25, 0.3) is 0 Å². The summed E-state index contributed by atoms with van der Waals surface area (Å²) in [5, 5.41) is 3.11. The normalized spacial score (nSPS) is 17.5. The molecule has 0 heterocycles. The standard InChI is InChI=1S/C11H21NO3/c1-3-10(11(13)14-2)12-6-7-15-8-9-4-5-9/h9-10,12H,3-8H2,1-2H3. The molecule has 1 aliphatic rings. The van der Waals surface area contributed by atoms with E-state index in [0.29, 0.717) is 13.2 Å². The van der Waals surface area contributed by atoms with E-state index in [1.807, 2.05) is 6.92 Å². The predicted molar refractivity (Wildman–Crippen MR) is 57.6 cm³/mol. The third kappa shape index (κ3) is 5.14. The Kier molecular flexibility index (Phi) is 5.65. The molecule has 1 saturated carbocycles. The van der Waals surface area contributed by atoms with Crippen LogP contribution in [0.25, 0.3) is 0 Å². The van der Waals surface area contributed by atoms with Gasteiger partial charge in [0.15, 0.2) is 0 Å². The number of ether oxygens (including phenoxy) is 2. The molecule has 0 aliphatic heterocycles. The molecule has 1 rings (SSSR count). The summed E-state index contributed by atoms with van der Waals surface area (Å²) in [5.74, 6) is 0.604. The van der Waals surface area contributed by atoms with E-state index >= 15 is 0 Å². The SMILES string of the molecule is CCC(NCCOCC1CC1)C(=O)OC. The van der Waals surface area contributed by atoms with Gasteiger partial charge in [-0.05, 0) is 25.2 Å². The molecule has 4 nitrogen and oxygen atoms in total. The van der Waals surface area contributed by atoms with Crippen molar-refractivity contribution in [3.63, 3.8) is 0 Å². The molecule has 1 N–H and O–H groups in total. The van der Waals surface area contributed by atoms with Crippen LogP contribution >= 0.6 is 0 Å². The number of hydrogen-bond acceptors (Lipinski definition) is 4. The van der Waals surface area contributed by atoms with Crippen LogP contribution in [0.15, 0.2) is 0 Å². The second-order valence-corrected chi connectivity index (χ2v) is 3.96. The van der Waals surface area contributed by atoms with Crippen LogP contribution in [0.2, 0.25) is 0 Å². The van der Waals surface area contributed by atoms with E-state index < -0.39 is 0 Å². The minimum absolute atomic E-state index is 0.195. The second kappa shape index (κ2) is 6.80. The molecule has 1 aliphatic carbocycles. The molecule has 0 aromatic rings. The lowest BCUT2D eigenvalue weighted by molar-refractivity contribution is -0.143. The first-order valence-electron chi connectivity index (χ1n) is 5.66. The first-order chi connectivity index (χ1) is 7.27. The molecule has 88 valence electrons. The topological polar surface area (TPSA) is 47.6 Å². The van der Waals surface area contributed by atoms with Gasteiger partial charge in [-0.3, -0.25) is 4.79 Å². The van der Waals surface area contributed by atoms with Gasteiger partial charge in [0.05, 0.1) is 13.7 Å². The molecule has 0 aromatic heterocycles. The lowest BCUT2D eigenvalue weighted by Gasteiger charge is -2.14. The molecule has 1 atom stereocenters. The molecule has 1 fully saturated rings. The second-order valence-electron chi connectivity index (χ2n) is 3.96. The Labute approximate surface area is 91.3 Å². The van der Waals surface area contributed by atoms with Crippen LogP contribution < -0.4 is 5.32 Å².